The minimum atomic E-state index is -0.538. The van der Waals surface area contributed by atoms with E-state index in [-0.39, 0.29) is 12.4 Å². The average molecular weight is 522 g/mol. The zero-order valence-corrected chi connectivity index (χ0v) is 22.3. The molecular formula is C33H35N3O3. The first-order valence-electron chi connectivity index (χ1n) is 13.6. The van der Waals surface area contributed by atoms with Gasteiger partial charge in [-0.3, -0.25) is 14.4 Å². The normalized spacial score (nSPS) is 17.3. The van der Waals surface area contributed by atoms with Crippen molar-refractivity contribution in [3.8, 4) is 0 Å². The number of ether oxygens (including phenoxy) is 1. The first-order valence-corrected chi connectivity index (χ1v) is 13.6. The number of carbonyl (C=O) groups is 1. The molecule has 0 radical (unpaired) electrons. The number of aliphatic hydroxyl groups excluding tert-OH is 1. The van der Waals surface area contributed by atoms with Crippen molar-refractivity contribution in [1.29, 1.82) is 0 Å². The summed E-state index contributed by atoms with van der Waals surface area (Å²) < 4.78 is 6.78. The van der Waals surface area contributed by atoms with Crippen LogP contribution in [0.25, 0.3) is 6.08 Å². The first-order chi connectivity index (χ1) is 19.1. The highest BCUT2D eigenvalue weighted by atomic mass is 16.5. The topological polar surface area (TPSA) is 67.6 Å². The second kappa shape index (κ2) is 12.2. The molecule has 0 saturated carbocycles. The second-order valence-electron chi connectivity index (χ2n) is 9.85. The molecule has 1 N–H and O–H groups in total. The number of benzene rings is 3. The minimum Gasteiger partial charge on any atom is -0.466 e. The molecule has 1 atom stereocenters. The number of carbonyl (C=O) groups excluding carboxylic acids is 1. The fourth-order valence-corrected chi connectivity index (χ4v) is 5.61. The molecule has 39 heavy (non-hydrogen) atoms. The molecule has 200 valence electrons. The van der Waals surface area contributed by atoms with Gasteiger partial charge in [-0.15, -0.1) is 0 Å². The minimum absolute atomic E-state index is 0.231. The molecule has 6 nitrogen and oxygen atoms in total. The quantitative estimate of drug-likeness (QED) is 0.240. The van der Waals surface area contributed by atoms with Crippen LogP contribution in [0, 0.1) is 0 Å². The second-order valence-corrected chi connectivity index (χ2v) is 9.85. The molecule has 6 heteroatoms. The number of nitrogens with zero attached hydrogens (tertiary/aromatic N) is 3. The van der Waals surface area contributed by atoms with Crippen LogP contribution in [-0.2, 0) is 21.6 Å². The van der Waals surface area contributed by atoms with Crippen LogP contribution in [0.15, 0.2) is 109 Å². The molecule has 0 amide bonds. The number of piperidine rings is 1. The first kappa shape index (κ1) is 26.6. The molecular weight excluding hydrogens is 486 g/mol. The van der Waals surface area contributed by atoms with Crippen molar-refractivity contribution in [3.05, 3.63) is 131 Å². The van der Waals surface area contributed by atoms with Gasteiger partial charge < -0.3 is 9.84 Å². The van der Waals surface area contributed by atoms with Crippen LogP contribution in [0.4, 0.5) is 0 Å². The Morgan fingerprint density at radius 3 is 2.08 bits per heavy atom. The standard InChI is InChI=1S/C33H35N3O3/c1-2-39-32(38)19-21-36-24-26(23-34-36)22-27-25-35(20-18-31(27)37)33(28-12-6-3-7-13-28,29-14-8-4-9-15-29)30-16-10-5-11-17-30/h3-17,22-24,31,37H,2,18-21,25H2,1H3/b27-22+. The van der Waals surface area contributed by atoms with E-state index in [2.05, 4.69) is 101 Å². The highest BCUT2D eigenvalue weighted by molar-refractivity contribution is 5.69. The summed E-state index contributed by atoms with van der Waals surface area (Å²) in [5.74, 6) is -0.231. The lowest BCUT2D eigenvalue weighted by atomic mass is 9.74. The van der Waals surface area contributed by atoms with Crippen LogP contribution in [0.5, 0.6) is 0 Å². The van der Waals surface area contributed by atoms with Crippen LogP contribution in [-0.4, -0.2) is 51.6 Å². The van der Waals surface area contributed by atoms with Gasteiger partial charge in [0.05, 0.1) is 37.4 Å². The molecule has 4 aromatic rings. The van der Waals surface area contributed by atoms with Crippen molar-refractivity contribution in [2.24, 2.45) is 0 Å². The van der Waals surface area contributed by atoms with E-state index in [1.165, 1.54) is 16.7 Å². The summed E-state index contributed by atoms with van der Waals surface area (Å²) >= 11 is 0. The molecule has 0 aliphatic carbocycles. The smallest absolute Gasteiger partial charge is 0.307 e. The van der Waals surface area contributed by atoms with Gasteiger partial charge in [0.25, 0.3) is 0 Å². The van der Waals surface area contributed by atoms with Crippen LogP contribution in [0.3, 0.4) is 0 Å². The van der Waals surface area contributed by atoms with Crippen LogP contribution in [0.2, 0.25) is 0 Å². The maximum absolute atomic E-state index is 11.8. The summed E-state index contributed by atoms with van der Waals surface area (Å²) in [4.78, 5) is 14.2. The number of esters is 1. The Hall–Kier alpha value is -4.00. The Morgan fingerprint density at radius 2 is 1.54 bits per heavy atom. The Bertz CT molecular complexity index is 1290. The van der Waals surface area contributed by atoms with E-state index in [1.54, 1.807) is 17.8 Å². The predicted octanol–water partition coefficient (Wildman–Crippen LogP) is 5.28. The van der Waals surface area contributed by atoms with Crippen molar-refractivity contribution in [2.45, 2.75) is 38.0 Å². The van der Waals surface area contributed by atoms with E-state index in [4.69, 9.17) is 4.74 Å². The van der Waals surface area contributed by atoms with Crippen molar-refractivity contribution >= 4 is 12.0 Å². The summed E-state index contributed by atoms with van der Waals surface area (Å²) in [6, 6.07) is 31.9. The molecule has 2 heterocycles. The van der Waals surface area contributed by atoms with Crippen molar-refractivity contribution in [1.82, 2.24) is 14.7 Å². The van der Waals surface area contributed by atoms with Crippen LogP contribution in [0.1, 0.15) is 42.0 Å². The van der Waals surface area contributed by atoms with E-state index in [1.807, 2.05) is 12.3 Å². The molecule has 1 saturated heterocycles. The lowest BCUT2D eigenvalue weighted by Gasteiger charge is -2.48. The van der Waals surface area contributed by atoms with E-state index >= 15 is 0 Å². The highest BCUT2D eigenvalue weighted by Gasteiger charge is 2.44. The van der Waals surface area contributed by atoms with Gasteiger partial charge in [-0.1, -0.05) is 91.0 Å². The van der Waals surface area contributed by atoms with E-state index in [9.17, 15) is 9.90 Å². The van der Waals surface area contributed by atoms with Gasteiger partial charge in [-0.05, 0) is 41.7 Å². The summed E-state index contributed by atoms with van der Waals surface area (Å²) in [5, 5.41) is 15.5. The summed E-state index contributed by atoms with van der Waals surface area (Å²) in [7, 11) is 0. The number of aryl methyl sites for hydroxylation is 1. The van der Waals surface area contributed by atoms with Crippen molar-refractivity contribution in [3.63, 3.8) is 0 Å². The van der Waals surface area contributed by atoms with Gasteiger partial charge >= 0.3 is 5.97 Å². The molecule has 1 aliphatic rings. The zero-order valence-electron chi connectivity index (χ0n) is 22.3. The van der Waals surface area contributed by atoms with Gasteiger partial charge in [0.15, 0.2) is 0 Å². The van der Waals surface area contributed by atoms with Crippen LogP contribution >= 0.6 is 0 Å². The van der Waals surface area contributed by atoms with Gasteiger partial charge in [-0.25, -0.2) is 0 Å². The number of likely N-dealkylation sites (tertiary alicyclic amines) is 1. The third-order valence-electron chi connectivity index (χ3n) is 7.38. The van der Waals surface area contributed by atoms with Gasteiger partial charge in [0, 0.05) is 24.8 Å². The lowest BCUT2D eigenvalue weighted by molar-refractivity contribution is -0.143. The lowest BCUT2D eigenvalue weighted by Crippen LogP contribution is -2.52. The number of hydrogen-bond acceptors (Lipinski definition) is 5. The predicted molar refractivity (Wildman–Crippen MR) is 153 cm³/mol. The third kappa shape index (κ3) is 5.72. The number of aromatic nitrogens is 2. The maximum Gasteiger partial charge on any atom is 0.307 e. The maximum atomic E-state index is 11.8. The molecule has 1 aliphatic heterocycles. The number of rotatable bonds is 9. The monoisotopic (exact) mass is 521 g/mol. The van der Waals surface area contributed by atoms with Crippen molar-refractivity contribution < 1.29 is 14.6 Å². The fraction of sp³-hybridized carbons (Fsp3) is 0.273. The Kier molecular flexibility index (Phi) is 8.35. The molecule has 5 rings (SSSR count). The molecule has 0 bridgehead atoms. The number of aliphatic hydroxyl groups is 1. The van der Waals surface area contributed by atoms with E-state index < -0.39 is 11.6 Å². The van der Waals surface area contributed by atoms with E-state index in [0.717, 1.165) is 17.7 Å². The molecule has 0 spiro atoms. The average Bonchev–Trinajstić information content (AvgIpc) is 3.43. The third-order valence-corrected chi connectivity index (χ3v) is 7.38. The van der Waals surface area contributed by atoms with Crippen molar-refractivity contribution in [2.75, 3.05) is 19.7 Å². The Morgan fingerprint density at radius 1 is 0.974 bits per heavy atom. The molecule has 3 aromatic carbocycles. The summed E-state index contributed by atoms with van der Waals surface area (Å²) in [6.45, 7) is 3.96. The Labute approximate surface area is 230 Å². The molecule has 1 unspecified atom stereocenters. The highest BCUT2D eigenvalue weighted by Crippen LogP contribution is 2.44. The van der Waals surface area contributed by atoms with Crippen LogP contribution < -0.4 is 0 Å². The molecule has 1 aromatic heterocycles. The molecule has 1 fully saturated rings. The zero-order chi connectivity index (χ0) is 27.1. The number of hydrogen-bond donors (Lipinski definition) is 1. The van der Waals surface area contributed by atoms with Gasteiger partial charge in [0.2, 0.25) is 0 Å². The fourth-order valence-electron chi connectivity index (χ4n) is 5.61. The summed E-state index contributed by atoms with van der Waals surface area (Å²) in [6.07, 6.45) is 6.09. The Balaban J connectivity index is 1.52. The van der Waals surface area contributed by atoms with Gasteiger partial charge in [0.1, 0.15) is 0 Å². The van der Waals surface area contributed by atoms with Gasteiger partial charge in [-0.2, -0.15) is 5.10 Å². The summed E-state index contributed by atoms with van der Waals surface area (Å²) in [5.41, 5.74) is 4.87. The largest absolute Gasteiger partial charge is 0.466 e. The SMILES string of the molecule is CCOC(=O)CCn1cc(/C=C2\CN(C(c3ccccc3)(c3ccccc3)c3ccccc3)CCC2O)cn1. The van der Waals surface area contributed by atoms with E-state index in [0.29, 0.717) is 26.1 Å².